The van der Waals surface area contributed by atoms with Crippen molar-refractivity contribution in [1.29, 1.82) is 0 Å². The molecule has 4 rings (SSSR count). The molecule has 1 aliphatic carbocycles. The van der Waals surface area contributed by atoms with Gasteiger partial charge in [-0.05, 0) is 17.2 Å². The van der Waals surface area contributed by atoms with Gasteiger partial charge in [0.05, 0.1) is 18.2 Å². The van der Waals surface area contributed by atoms with E-state index in [1.54, 1.807) is 0 Å². The molecular formula is C21H15N3O4. The van der Waals surface area contributed by atoms with E-state index in [1.165, 1.54) is 25.5 Å². The van der Waals surface area contributed by atoms with E-state index in [9.17, 15) is 15.2 Å². The molecule has 0 bridgehead atoms. The van der Waals surface area contributed by atoms with Crippen LogP contribution >= 0.6 is 0 Å². The normalized spacial score (nSPS) is 12.0. The first kappa shape index (κ1) is 17.4. The van der Waals surface area contributed by atoms with E-state index in [0.29, 0.717) is 5.56 Å². The predicted molar refractivity (Wildman–Crippen MR) is 106 cm³/mol. The van der Waals surface area contributed by atoms with E-state index >= 15 is 0 Å². The summed E-state index contributed by atoms with van der Waals surface area (Å²) < 4.78 is 5.00. The van der Waals surface area contributed by atoms with Gasteiger partial charge in [0.1, 0.15) is 5.71 Å². The molecule has 0 amide bonds. The van der Waals surface area contributed by atoms with Crippen LogP contribution in [0.1, 0.15) is 16.7 Å². The molecule has 0 saturated carbocycles. The zero-order chi connectivity index (χ0) is 19.7. The van der Waals surface area contributed by atoms with Crippen LogP contribution < -0.4 is 4.74 Å². The number of methoxy groups -OCH3 is 1. The molecule has 0 atom stereocenters. The Morgan fingerprint density at radius 2 is 1.57 bits per heavy atom. The summed E-state index contributed by atoms with van der Waals surface area (Å²) in [5, 5.41) is 29.5. The van der Waals surface area contributed by atoms with Gasteiger partial charge in [-0.1, -0.05) is 48.5 Å². The van der Waals surface area contributed by atoms with Gasteiger partial charge in [0, 0.05) is 22.8 Å². The lowest BCUT2D eigenvalue weighted by Crippen LogP contribution is -1.97. The van der Waals surface area contributed by atoms with Crippen molar-refractivity contribution >= 4 is 17.6 Å². The summed E-state index contributed by atoms with van der Waals surface area (Å²) in [5.41, 5.74) is 4.83. The van der Waals surface area contributed by atoms with Crippen molar-refractivity contribution in [2.45, 2.75) is 0 Å². The number of nitrogens with zero attached hydrogens (tertiary/aromatic N) is 3. The number of nitro groups is 1. The first-order chi connectivity index (χ1) is 13.6. The van der Waals surface area contributed by atoms with Crippen LogP contribution in [0.3, 0.4) is 0 Å². The van der Waals surface area contributed by atoms with E-state index in [0.717, 1.165) is 28.0 Å². The molecule has 1 aliphatic rings. The van der Waals surface area contributed by atoms with Crippen molar-refractivity contribution < 1.29 is 14.8 Å². The maximum atomic E-state index is 11.1. The average Bonchev–Trinajstić information content (AvgIpc) is 3.03. The number of aromatic hydroxyl groups is 1. The fourth-order valence-electron chi connectivity index (χ4n) is 3.24. The molecule has 1 N–H and O–H groups in total. The van der Waals surface area contributed by atoms with Crippen LogP contribution in [0.25, 0.3) is 11.1 Å². The molecule has 0 unspecified atom stereocenters. The number of fused-ring (bicyclic) bond motifs is 3. The number of phenols is 1. The number of phenolic OH excluding ortho intramolecular Hbond substituents is 1. The third kappa shape index (κ3) is 2.88. The van der Waals surface area contributed by atoms with Gasteiger partial charge in [-0.25, -0.2) is 0 Å². The number of benzene rings is 3. The molecule has 7 heteroatoms. The second-order valence-corrected chi connectivity index (χ2v) is 6.13. The van der Waals surface area contributed by atoms with E-state index in [1.807, 2.05) is 48.5 Å². The number of hydrogen-bond acceptors (Lipinski definition) is 6. The predicted octanol–water partition coefficient (Wildman–Crippen LogP) is 4.16. The fraction of sp³-hybridized carbons (Fsp3) is 0.0476. The fourth-order valence-corrected chi connectivity index (χ4v) is 3.24. The quantitative estimate of drug-likeness (QED) is 0.330. The third-order valence-electron chi connectivity index (χ3n) is 4.51. The maximum Gasteiger partial charge on any atom is 0.315 e. The summed E-state index contributed by atoms with van der Waals surface area (Å²) in [6.45, 7) is 0. The zero-order valence-electron chi connectivity index (χ0n) is 14.9. The lowest BCUT2D eigenvalue weighted by Gasteiger charge is -2.04. The van der Waals surface area contributed by atoms with Crippen LogP contribution in [0.5, 0.6) is 11.5 Å². The van der Waals surface area contributed by atoms with E-state index in [-0.39, 0.29) is 5.75 Å². The molecule has 3 aromatic rings. The van der Waals surface area contributed by atoms with Crippen LogP contribution in [-0.4, -0.2) is 29.1 Å². The van der Waals surface area contributed by atoms with Crippen molar-refractivity contribution in [2.75, 3.05) is 7.11 Å². The Kier molecular flexibility index (Phi) is 4.33. The molecule has 0 spiro atoms. The average molecular weight is 373 g/mol. The van der Waals surface area contributed by atoms with Crippen molar-refractivity contribution in [3.05, 3.63) is 87.5 Å². The molecule has 3 aromatic carbocycles. The zero-order valence-corrected chi connectivity index (χ0v) is 14.9. The summed E-state index contributed by atoms with van der Waals surface area (Å²) in [7, 11) is 1.33. The largest absolute Gasteiger partial charge is 0.500 e. The lowest BCUT2D eigenvalue weighted by atomic mass is 10.1. The van der Waals surface area contributed by atoms with Gasteiger partial charge in [-0.15, -0.1) is 5.10 Å². The molecule has 0 fully saturated rings. The minimum Gasteiger partial charge on any atom is -0.500 e. The topological polar surface area (TPSA) is 97.3 Å². The van der Waals surface area contributed by atoms with E-state index < -0.39 is 16.4 Å². The molecular weight excluding hydrogens is 358 g/mol. The summed E-state index contributed by atoms with van der Waals surface area (Å²) >= 11 is 0. The monoisotopic (exact) mass is 373 g/mol. The Morgan fingerprint density at radius 1 is 1.00 bits per heavy atom. The molecule has 7 nitrogen and oxygen atoms in total. The molecule has 0 radical (unpaired) electrons. The minimum absolute atomic E-state index is 0.000129. The van der Waals surface area contributed by atoms with E-state index in [2.05, 4.69) is 10.2 Å². The molecule has 0 aromatic heterocycles. The SMILES string of the molecule is COc1cc(/C=N/N=C2c3ccccc3-c3ccccc32)cc([N+](=O)[O-])c1O. The smallest absolute Gasteiger partial charge is 0.315 e. The highest BCUT2D eigenvalue weighted by Gasteiger charge is 2.24. The van der Waals surface area contributed by atoms with Crippen LogP contribution in [-0.2, 0) is 0 Å². The van der Waals surface area contributed by atoms with Gasteiger partial charge < -0.3 is 9.84 Å². The molecule has 0 aliphatic heterocycles. The summed E-state index contributed by atoms with van der Waals surface area (Å²) in [4.78, 5) is 10.4. The standard InChI is InChI=1S/C21H15N3O4/c1-28-19-11-13(10-18(21(19)25)24(26)27)12-22-23-20-16-8-4-2-6-14(16)15-7-3-5-9-17(15)20/h2-12,25H,1H3/b22-12+. The highest BCUT2D eigenvalue weighted by atomic mass is 16.6. The number of rotatable bonds is 4. The van der Waals surface area contributed by atoms with Gasteiger partial charge in [-0.2, -0.15) is 5.10 Å². The summed E-state index contributed by atoms with van der Waals surface area (Å²) in [5.74, 6) is -0.519. The Hall–Kier alpha value is -4.00. The van der Waals surface area contributed by atoms with Gasteiger partial charge >= 0.3 is 5.69 Å². The summed E-state index contributed by atoms with van der Waals surface area (Å²) in [6.07, 6.45) is 1.39. The number of hydrogen-bond donors (Lipinski definition) is 1. The van der Waals surface area contributed by atoms with Crippen LogP contribution in [0, 0.1) is 10.1 Å². The van der Waals surface area contributed by atoms with Crippen molar-refractivity contribution in [1.82, 2.24) is 0 Å². The van der Waals surface area contributed by atoms with Crippen molar-refractivity contribution in [3.63, 3.8) is 0 Å². The van der Waals surface area contributed by atoms with Gasteiger partial charge in [0.2, 0.25) is 5.75 Å². The summed E-state index contributed by atoms with van der Waals surface area (Å²) in [6, 6.07) is 18.6. The minimum atomic E-state index is -0.676. The van der Waals surface area contributed by atoms with Crippen LogP contribution in [0.4, 0.5) is 5.69 Å². The Labute approximate surface area is 160 Å². The first-order valence-corrected chi connectivity index (χ1v) is 8.45. The number of ether oxygens (including phenoxy) is 1. The highest BCUT2D eigenvalue weighted by molar-refractivity contribution is 6.24. The molecule has 0 saturated heterocycles. The van der Waals surface area contributed by atoms with Crippen molar-refractivity contribution in [2.24, 2.45) is 10.2 Å². The van der Waals surface area contributed by atoms with Crippen molar-refractivity contribution in [3.8, 4) is 22.6 Å². The third-order valence-corrected chi connectivity index (χ3v) is 4.51. The molecule has 28 heavy (non-hydrogen) atoms. The van der Waals surface area contributed by atoms with Gasteiger partial charge in [0.15, 0.2) is 5.75 Å². The Balaban J connectivity index is 1.75. The lowest BCUT2D eigenvalue weighted by molar-refractivity contribution is -0.386. The second kappa shape index (κ2) is 6.96. The highest BCUT2D eigenvalue weighted by Crippen LogP contribution is 2.37. The van der Waals surface area contributed by atoms with Gasteiger partial charge in [0.25, 0.3) is 0 Å². The first-order valence-electron chi connectivity index (χ1n) is 8.45. The molecule has 138 valence electrons. The van der Waals surface area contributed by atoms with Crippen LogP contribution in [0.2, 0.25) is 0 Å². The Morgan fingerprint density at radius 3 is 2.11 bits per heavy atom. The van der Waals surface area contributed by atoms with Gasteiger partial charge in [-0.3, -0.25) is 10.1 Å². The number of nitro benzene ring substituents is 1. The maximum absolute atomic E-state index is 11.1. The molecule has 0 heterocycles. The second-order valence-electron chi connectivity index (χ2n) is 6.13. The van der Waals surface area contributed by atoms with E-state index in [4.69, 9.17) is 4.74 Å². The Bertz CT molecular complexity index is 1100. The van der Waals surface area contributed by atoms with Crippen LogP contribution in [0.15, 0.2) is 70.9 Å².